The molecule has 10 heteroatoms. The normalized spacial score (nSPS) is 18.7. The molecule has 2 aromatic rings. The first kappa shape index (κ1) is 32.4. The van der Waals surface area contributed by atoms with Crippen molar-refractivity contribution in [2.24, 2.45) is 11.7 Å². The maximum Gasteiger partial charge on any atom is 0.254 e. The van der Waals surface area contributed by atoms with E-state index in [1.165, 1.54) is 34.0 Å². The van der Waals surface area contributed by atoms with Crippen LogP contribution in [0.4, 0.5) is 4.39 Å². The molecule has 4 rings (SSSR count). The molecule has 1 saturated carbocycles. The summed E-state index contributed by atoms with van der Waals surface area (Å²) in [4.78, 5) is 27.4. The van der Waals surface area contributed by atoms with Crippen molar-refractivity contribution in [1.82, 2.24) is 14.1 Å². The first-order valence-electron chi connectivity index (χ1n) is 13.5. The topological polar surface area (TPSA) is 104 Å². The van der Waals surface area contributed by atoms with E-state index in [0.717, 1.165) is 18.7 Å². The molecule has 0 radical (unpaired) electrons. The van der Waals surface area contributed by atoms with E-state index in [-0.39, 0.29) is 25.6 Å². The van der Waals surface area contributed by atoms with Gasteiger partial charge in [0, 0.05) is 40.2 Å². The van der Waals surface area contributed by atoms with Gasteiger partial charge in [0.15, 0.2) is 0 Å². The first-order chi connectivity index (χ1) is 18.5. The van der Waals surface area contributed by atoms with Crippen LogP contribution in [0.2, 0.25) is 0 Å². The van der Waals surface area contributed by atoms with E-state index in [0.29, 0.717) is 37.7 Å². The van der Waals surface area contributed by atoms with Crippen LogP contribution in [0.3, 0.4) is 0 Å². The molecule has 1 unspecified atom stereocenters. The lowest BCUT2D eigenvalue weighted by Gasteiger charge is -2.34. The quantitative estimate of drug-likeness (QED) is 0.551. The molecule has 2 aliphatic rings. The molecule has 1 aliphatic carbocycles. The van der Waals surface area contributed by atoms with Crippen LogP contribution in [0, 0.1) is 11.7 Å². The number of halogens is 1. The summed E-state index contributed by atoms with van der Waals surface area (Å²) in [5.74, 6) is 0.983. The van der Waals surface area contributed by atoms with Crippen LogP contribution in [0.25, 0.3) is 0 Å². The molecule has 2 aromatic carbocycles. The largest absolute Gasteiger partial charge is 0.339 e. The van der Waals surface area contributed by atoms with Gasteiger partial charge in [-0.25, -0.2) is 12.8 Å². The molecular formula is C29H45FN4O4S. The van der Waals surface area contributed by atoms with E-state index < -0.39 is 10.0 Å². The summed E-state index contributed by atoms with van der Waals surface area (Å²) in [5.41, 5.74) is 6.96. The lowest BCUT2D eigenvalue weighted by atomic mass is 10.1. The molecule has 2 atom stereocenters. The van der Waals surface area contributed by atoms with Gasteiger partial charge in [0.05, 0.1) is 12.8 Å². The van der Waals surface area contributed by atoms with Gasteiger partial charge in [-0.3, -0.25) is 9.59 Å². The number of hydrogen-bond acceptors (Lipinski definition) is 5. The summed E-state index contributed by atoms with van der Waals surface area (Å²) in [7, 11) is -1.63. The average Bonchev–Trinajstić information content (AvgIpc) is 3.66. The van der Waals surface area contributed by atoms with E-state index in [2.05, 4.69) is 13.8 Å². The fraction of sp³-hybridized carbons (Fsp3) is 0.517. The fourth-order valence-corrected chi connectivity index (χ4v) is 4.97. The van der Waals surface area contributed by atoms with Crippen molar-refractivity contribution in [2.45, 2.75) is 39.0 Å². The molecule has 0 spiro atoms. The monoisotopic (exact) mass is 564 g/mol. The van der Waals surface area contributed by atoms with Crippen LogP contribution in [-0.4, -0.2) is 86.9 Å². The number of nitrogens with zero attached hydrogens (tertiary/aromatic N) is 3. The zero-order chi connectivity index (χ0) is 29.0. The molecule has 8 nitrogen and oxygen atoms in total. The Morgan fingerprint density at radius 3 is 2.05 bits per heavy atom. The van der Waals surface area contributed by atoms with Gasteiger partial charge in [-0.2, -0.15) is 4.31 Å². The van der Waals surface area contributed by atoms with Gasteiger partial charge in [0.25, 0.3) is 5.91 Å². The zero-order valence-electron chi connectivity index (χ0n) is 23.6. The van der Waals surface area contributed by atoms with Crippen LogP contribution in [-0.2, 0) is 14.8 Å². The molecular weight excluding hydrogens is 519 g/mol. The summed E-state index contributed by atoms with van der Waals surface area (Å²) in [6.07, 6.45) is 4.82. The zero-order valence-corrected chi connectivity index (χ0v) is 24.4. The Bertz CT molecular complexity index is 1140. The summed E-state index contributed by atoms with van der Waals surface area (Å²) < 4.78 is 36.7. The minimum atomic E-state index is -3.22. The number of carbonyl (C=O) groups is 2. The fourth-order valence-electron chi connectivity index (χ4n) is 4.15. The third-order valence-corrected chi connectivity index (χ3v) is 8.07. The Labute approximate surface area is 234 Å². The lowest BCUT2D eigenvalue weighted by molar-refractivity contribution is -0.132. The van der Waals surface area contributed by atoms with Gasteiger partial charge >= 0.3 is 0 Å². The van der Waals surface area contributed by atoms with Gasteiger partial charge in [-0.15, -0.1) is 0 Å². The van der Waals surface area contributed by atoms with Gasteiger partial charge < -0.3 is 15.5 Å². The van der Waals surface area contributed by atoms with Gasteiger partial charge in [-0.05, 0) is 61.1 Å². The second-order valence-corrected chi connectivity index (χ2v) is 12.1. The van der Waals surface area contributed by atoms with Crippen molar-refractivity contribution in [3.05, 3.63) is 71.5 Å². The Kier molecular flexibility index (Phi) is 13.0. The van der Waals surface area contributed by atoms with E-state index in [1.807, 2.05) is 18.2 Å². The molecule has 1 saturated heterocycles. The highest BCUT2D eigenvalue weighted by atomic mass is 32.2. The molecule has 1 aliphatic heterocycles. The van der Waals surface area contributed by atoms with E-state index in [1.54, 1.807) is 48.3 Å². The standard InChI is InChI=1S/C15H21N3O4S.C10H11F.C4H11N.H2/c1-16(15(20)13-6-4-3-5-7-13)12-14(19)17-8-10-18(11-9-17)23(2,21)22;1-7-6-10(7)8-2-4-9(11)5-3-8;1-2-3-4-5;/h3-7H,8-12H2,1-2H3;2-5,7,10H,6H2,1H3;2-5H2,1H3;1H/t;7?,10-;;/m.1../s1. The Hall–Kier alpha value is -2.82. The molecule has 0 bridgehead atoms. The minimum absolute atomic E-state index is 0. The third kappa shape index (κ3) is 11.1. The SMILES string of the molecule is CC1C[C@H]1c1ccc(F)cc1.CCCCN.CN(CC(=O)N1CCN(S(C)(=O)=O)CC1)C(=O)c1ccccc1.[HH]. The number of nitrogens with two attached hydrogens (primary N) is 1. The molecule has 2 fully saturated rings. The lowest BCUT2D eigenvalue weighted by Crippen LogP contribution is -2.52. The Balaban J connectivity index is 0.000000388. The van der Waals surface area contributed by atoms with Crippen molar-refractivity contribution < 1.29 is 23.8 Å². The van der Waals surface area contributed by atoms with Gasteiger partial charge in [-0.1, -0.05) is 50.6 Å². The Morgan fingerprint density at radius 2 is 1.62 bits per heavy atom. The highest BCUT2D eigenvalue weighted by molar-refractivity contribution is 7.88. The predicted molar refractivity (Wildman–Crippen MR) is 155 cm³/mol. The second-order valence-electron chi connectivity index (χ2n) is 10.1. The first-order valence-corrected chi connectivity index (χ1v) is 15.3. The Morgan fingerprint density at radius 1 is 1.05 bits per heavy atom. The molecule has 0 aromatic heterocycles. The molecule has 39 heavy (non-hydrogen) atoms. The number of unbranched alkanes of at least 4 members (excludes halogenated alkanes) is 1. The number of amides is 2. The van der Waals surface area contributed by atoms with Crippen molar-refractivity contribution in [1.29, 1.82) is 0 Å². The maximum absolute atomic E-state index is 12.5. The number of hydrogen-bond donors (Lipinski definition) is 1. The number of rotatable bonds is 7. The minimum Gasteiger partial charge on any atom is -0.339 e. The summed E-state index contributed by atoms with van der Waals surface area (Å²) in [6.45, 7) is 6.46. The van der Waals surface area contributed by atoms with Crippen molar-refractivity contribution in [2.75, 3.05) is 52.6 Å². The number of benzene rings is 2. The maximum atomic E-state index is 12.5. The van der Waals surface area contributed by atoms with Gasteiger partial charge in [0.1, 0.15) is 5.82 Å². The van der Waals surface area contributed by atoms with Crippen LogP contribution < -0.4 is 5.73 Å². The number of piperazine rings is 1. The highest BCUT2D eigenvalue weighted by Gasteiger charge is 2.33. The van der Waals surface area contributed by atoms with E-state index >= 15 is 0 Å². The average molecular weight is 565 g/mol. The number of likely N-dealkylation sites (N-methyl/N-ethyl adjacent to an activating group) is 1. The second kappa shape index (κ2) is 15.7. The van der Waals surface area contributed by atoms with Crippen molar-refractivity contribution in [3.8, 4) is 0 Å². The van der Waals surface area contributed by atoms with Crippen LogP contribution in [0.15, 0.2) is 54.6 Å². The molecule has 1 heterocycles. The number of sulfonamides is 1. The van der Waals surface area contributed by atoms with E-state index in [9.17, 15) is 22.4 Å². The molecule has 2 N–H and O–H groups in total. The third-order valence-electron chi connectivity index (χ3n) is 6.77. The highest BCUT2D eigenvalue weighted by Crippen LogP contribution is 2.46. The molecule has 218 valence electrons. The predicted octanol–water partition coefficient (Wildman–Crippen LogP) is 3.80. The summed E-state index contributed by atoms with van der Waals surface area (Å²) in [5, 5.41) is 0. The van der Waals surface area contributed by atoms with Crippen LogP contribution >= 0.6 is 0 Å². The van der Waals surface area contributed by atoms with Gasteiger partial charge in [0.2, 0.25) is 15.9 Å². The summed E-state index contributed by atoms with van der Waals surface area (Å²) >= 11 is 0. The summed E-state index contributed by atoms with van der Waals surface area (Å²) in [6, 6.07) is 15.6. The van der Waals surface area contributed by atoms with Crippen molar-refractivity contribution in [3.63, 3.8) is 0 Å². The number of carbonyl (C=O) groups excluding carboxylic acids is 2. The van der Waals surface area contributed by atoms with Crippen LogP contribution in [0.1, 0.15) is 56.4 Å². The smallest absolute Gasteiger partial charge is 0.254 e. The van der Waals surface area contributed by atoms with E-state index in [4.69, 9.17) is 5.73 Å². The van der Waals surface area contributed by atoms with Crippen molar-refractivity contribution >= 4 is 21.8 Å². The van der Waals surface area contributed by atoms with Crippen LogP contribution in [0.5, 0.6) is 0 Å². The molecule has 2 amide bonds.